The molecule has 136 valence electrons. The van der Waals surface area contributed by atoms with Crippen molar-refractivity contribution < 1.29 is 9.53 Å². The normalized spacial score (nSPS) is 10.9. The van der Waals surface area contributed by atoms with E-state index >= 15 is 0 Å². The van der Waals surface area contributed by atoms with Crippen LogP contribution in [-0.4, -0.2) is 30.6 Å². The number of aromatic amines is 1. The van der Waals surface area contributed by atoms with Gasteiger partial charge < -0.3 is 15.0 Å². The average molecular weight is 362 g/mol. The molecule has 0 saturated carbocycles. The predicted molar refractivity (Wildman–Crippen MR) is 99.0 cm³/mol. The molecule has 8 nitrogen and oxygen atoms in total. The van der Waals surface area contributed by atoms with Gasteiger partial charge in [-0.15, -0.1) is 0 Å². The van der Waals surface area contributed by atoms with Crippen molar-refractivity contribution in [3.8, 4) is 5.75 Å². The first-order valence-electron chi connectivity index (χ1n) is 8.46. The van der Waals surface area contributed by atoms with Crippen LogP contribution in [0.5, 0.6) is 5.75 Å². The minimum atomic E-state index is -0.224. The van der Waals surface area contributed by atoms with Crippen molar-refractivity contribution in [3.05, 3.63) is 72.2 Å². The minimum absolute atomic E-state index is 0.224. The molecule has 0 aliphatic rings. The van der Waals surface area contributed by atoms with Crippen LogP contribution in [0.2, 0.25) is 0 Å². The molecule has 0 radical (unpaired) electrons. The van der Waals surface area contributed by atoms with E-state index in [0.717, 1.165) is 16.6 Å². The standard InChI is InChI=1S/C19H18N6O2/c1-25-18(19(26)23-11-17-21-8-9-22-17)15-10-14(5-6-16(15)24-25)27-12-13-4-2-3-7-20-13/h2-10H,11-12H2,1H3,(H,21,22)(H,23,26). The highest BCUT2D eigenvalue weighted by atomic mass is 16.5. The van der Waals surface area contributed by atoms with Crippen LogP contribution in [-0.2, 0) is 20.2 Å². The number of carbonyl (C=O) groups excluding carboxylic acids is 1. The maximum absolute atomic E-state index is 12.7. The Hall–Kier alpha value is -3.68. The molecule has 0 unspecified atom stereocenters. The SMILES string of the molecule is Cn1nc2ccc(OCc3ccccn3)cc2c1C(=O)NCc1ncc[nH]1. The number of hydrogen-bond donors (Lipinski definition) is 2. The fourth-order valence-corrected chi connectivity index (χ4v) is 2.82. The number of nitrogens with zero attached hydrogens (tertiary/aromatic N) is 4. The zero-order valence-electron chi connectivity index (χ0n) is 14.7. The van der Waals surface area contributed by atoms with Gasteiger partial charge in [0.1, 0.15) is 23.9 Å². The largest absolute Gasteiger partial charge is 0.487 e. The molecule has 4 rings (SSSR count). The highest BCUT2D eigenvalue weighted by molar-refractivity contribution is 6.05. The molecule has 0 atom stereocenters. The third-order valence-corrected chi connectivity index (χ3v) is 4.10. The Balaban J connectivity index is 1.54. The summed E-state index contributed by atoms with van der Waals surface area (Å²) in [6, 6.07) is 11.2. The molecule has 0 aliphatic heterocycles. The number of amides is 1. The van der Waals surface area contributed by atoms with Crippen LogP contribution in [0, 0.1) is 0 Å². The van der Waals surface area contributed by atoms with Crippen LogP contribution in [0.4, 0.5) is 0 Å². The molecule has 2 N–H and O–H groups in total. The molecule has 27 heavy (non-hydrogen) atoms. The molecule has 0 bridgehead atoms. The number of benzene rings is 1. The van der Waals surface area contributed by atoms with E-state index in [1.165, 1.54) is 0 Å². The van der Waals surface area contributed by atoms with Gasteiger partial charge in [-0.1, -0.05) is 6.07 Å². The van der Waals surface area contributed by atoms with Crippen molar-refractivity contribution >= 4 is 16.8 Å². The summed E-state index contributed by atoms with van der Waals surface area (Å²) >= 11 is 0. The van der Waals surface area contributed by atoms with Crippen LogP contribution in [0.1, 0.15) is 22.0 Å². The monoisotopic (exact) mass is 362 g/mol. The van der Waals surface area contributed by atoms with Crippen LogP contribution in [0.3, 0.4) is 0 Å². The number of fused-ring (bicyclic) bond motifs is 1. The highest BCUT2D eigenvalue weighted by Crippen LogP contribution is 2.24. The van der Waals surface area contributed by atoms with Crippen molar-refractivity contribution in [2.45, 2.75) is 13.2 Å². The number of aromatic nitrogens is 5. The number of pyridine rings is 1. The molecule has 3 heterocycles. The van der Waals surface area contributed by atoms with Gasteiger partial charge in [-0.2, -0.15) is 5.10 Å². The lowest BCUT2D eigenvalue weighted by molar-refractivity contribution is 0.0942. The van der Waals surface area contributed by atoms with Crippen molar-refractivity contribution in [2.24, 2.45) is 7.05 Å². The summed E-state index contributed by atoms with van der Waals surface area (Å²) < 4.78 is 7.39. The van der Waals surface area contributed by atoms with Crippen LogP contribution in [0.25, 0.3) is 10.9 Å². The Labute approximate surface area is 155 Å². The third-order valence-electron chi connectivity index (χ3n) is 4.10. The second-order valence-corrected chi connectivity index (χ2v) is 5.98. The molecule has 0 fully saturated rings. The molecule has 1 aromatic carbocycles. The molecule has 0 aliphatic carbocycles. The van der Waals surface area contributed by atoms with E-state index in [1.807, 2.05) is 36.4 Å². The van der Waals surface area contributed by atoms with E-state index in [9.17, 15) is 4.79 Å². The van der Waals surface area contributed by atoms with Gasteiger partial charge in [0.2, 0.25) is 0 Å². The van der Waals surface area contributed by atoms with E-state index in [2.05, 4.69) is 25.4 Å². The summed E-state index contributed by atoms with van der Waals surface area (Å²) in [5.41, 5.74) is 2.03. The second kappa shape index (κ2) is 7.28. The van der Waals surface area contributed by atoms with Gasteiger partial charge in [-0.25, -0.2) is 4.98 Å². The lowest BCUT2D eigenvalue weighted by Gasteiger charge is -2.07. The van der Waals surface area contributed by atoms with E-state index in [4.69, 9.17) is 4.74 Å². The fraction of sp³-hybridized carbons (Fsp3) is 0.158. The van der Waals surface area contributed by atoms with Gasteiger partial charge in [0, 0.05) is 31.0 Å². The van der Waals surface area contributed by atoms with Gasteiger partial charge in [0.25, 0.3) is 5.91 Å². The smallest absolute Gasteiger partial charge is 0.270 e. The Morgan fingerprint density at radius 2 is 2.15 bits per heavy atom. The number of hydrogen-bond acceptors (Lipinski definition) is 5. The van der Waals surface area contributed by atoms with Gasteiger partial charge in [-0.05, 0) is 30.3 Å². The van der Waals surface area contributed by atoms with E-state index in [0.29, 0.717) is 30.4 Å². The van der Waals surface area contributed by atoms with Gasteiger partial charge in [0.05, 0.1) is 17.8 Å². The van der Waals surface area contributed by atoms with Gasteiger partial charge >= 0.3 is 0 Å². The summed E-state index contributed by atoms with van der Waals surface area (Å²) in [6.45, 7) is 0.668. The highest BCUT2D eigenvalue weighted by Gasteiger charge is 2.17. The average Bonchev–Trinajstić information content (AvgIpc) is 3.32. The fourth-order valence-electron chi connectivity index (χ4n) is 2.82. The number of ether oxygens (including phenoxy) is 1. The molecule has 3 aromatic heterocycles. The maximum Gasteiger partial charge on any atom is 0.270 e. The van der Waals surface area contributed by atoms with Crippen molar-refractivity contribution in [1.29, 1.82) is 0 Å². The minimum Gasteiger partial charge on any atom is -0.487 e. The van der Waals surface area contributed by atoms with Crippen molar-refractivity contribution in [2.75, 3.05) is 0 Å². The van der Waals surface area contributed by atoms with Gasteiger partial charge in [-0.3, -0.25) is 14.5 Å². The van der Waals surface area contributed by atoms with E-state index in [-0.39, 0.29) is 5.91 Å². The Kier molecular flexibility index (Phi) is 4.52. The number of carbonyl (C=O) groups is 1. The molecular formula is C19H18N6O2. The zero-order valence-corrected chi connectivity index (χ0v) is 14.7. The Morgan fingerprint density at radius 3 is 2.93 bits per heavy atom. The lowest BCUT2D eigenvalue weighted by atomic mass is 10.2. The summed E-state index contributed by atoms with van der Waals surface area (Å²) in [5.74, 6) is 1.12. The number of nitrogens with one attached hydrogen (secondary N) is 2. The first-order valence-corrected chi connectivity index (χ1v) is 8.46. The molecule has 8 heteroatoms. The second-order valence-electron chi connectivity index (χ2n) is 5.98. The first-order chi connectivity index (χ1) is 13.2. The molecule has 1 amide bonds. The van der Waals surface area contributed by atoms with Crippen LogP contribution in [0.15, 0.2) is 55.0 Å². The number of H-pyrrole nitrogens is 1. The molecule has 4 aromatic rings. The zero-order chi connectivity index (χ0) is 18.6. The number of rotatable bonds is 6. The van der Waals surface area contributed by atoms with Crippen LogP contribution >= 0.6 is 0 Å². The Morgan fingerprint density at radius 1 is 1.22 bits per heavy atom. The number of aryl methyl sites for hydroxylation is 1. The molecule has 0 saturated heterocycles. The van der Waals surface area contributed by atoms with Gasteiger partial charge in [0.15, 0.2) is 0 Å². The van der Waals surface area contributed by atoms with Crippen LogP contribution < -0.4 is 10.1 Å². The maximum atomic E-state index is 12.7. The Bertz CT molecular complexity index is 1060. The van der Waals surface area contributed by atoms with E-state index in [1.54, 1.807) is 30.3 Å². The van der Waals surface area contributed by atoms with Crippen molar-refractivity contribution in [3.63, 3.8) is 0 Å². The molecule has 0 spiro atoms. The quantitative estimate of drug-likeness (QED) is 0.548. The lowest BCUT2D eigenvalue weighted by Crippen LogP contribution is -2.25. The predicted octanol–water partition coefficient (Wildman–Crippen LogP) is 2.20. The van der Waals surface area contributed by atoms with E-state index < -0.39 is 0 Å². The summed E-state index contributed by atoms with van der Waals surface area (Å²) in [5, 5.41) is 7.99. The third kappa shape index (κ3) is 3.64. The first kappa shape index (κ1) is 16.8. The summed E-state index contributed by atoms with van der Waals surface area (Å²) in [4.78, 5) is 24.0. The topological polar surface area (TPSA) is 97.7 Å². The molecular weight excluding hydrogens is 344 g/mol. The summed E-state index contributed by atoms with van der Waals surface area (Å²) in [6.07, 6.45) is 5.09. The number of imidazole rings is 1. The summed E-state index contributed by atoms with van der Waals surface area (Å²) in [7, 11) is 1.75. The van der Waals surface area contributed by atoms with Crippen molar-refractivity contribution in [1.82, 2.24) is 30.0 Å².